The van der Waals surface area contributed by atoms with Gasteiger partial charge in [0.25, 0.3) is 5.09 Å². The number of hydrogen-bond donors (Lipinski definition) is 1. The fourth-order valence-corrected chi connectivity index (χ4v) is 1.75. The van der Waals surface area contributed by atoms with Gasteiger partial charge in [0.15, 0.2) is 0 Å². The van der Waals surface area contributed by atoms with E-state index in [-0.39, 0.29) is 34.3 Å². The predicted octanol–water partition coefficient (Wildman–Crippen LogP) is 3.89. The van der Waals surface area contributed by atoms with Crippen molar-refractivity contribution in [1.29, 1.82) is 0 Å². The summed E-state index contributed by atoms with van der Waals surface area (Å²) < 4.78 is 9.48. The van der Waals surface area contributed by atoms with Crippen LogP contribution < -0.4 is 0 Å². The van der Waals surface area contributed by atoms with Gasteiger partial charge in [-0.2, -0.15) is 0 Å². The second-order valence-electron chi connectivity index (χ2n) is 4.45. The van der Waals surface area contributed by atoms with Crippen molar-refractivity contribution in [3.05, 3.63) is 10.1 Å². The number of hydrogen-bond acceptors (Lipinski definition) is 6. The summed E-state index contributed by atoms with van der Waals surface area (Å²) in [4.78, 5) is 29.7. The first-order valence-corrected chi connectivity index (χ1v) is 9.18. The van der Waals surface area contributed by atoms with E-state index in [1.807, 2.05) is 13.8 Å². The van der Waals surface area contributed by atoms with Crippen molar-refractivity contribution in [1.82, 2.24) is 0 Å². The van der Waals surface area contributed by atoms with Crippen molar-refractivity contribution in [3.63, 3.8) is 0 Å². The monoisotopic (exact) mass is 522 g/mol. The molecule has 0 aliphatic carbocycles. The molecule has 0 saturated carbocycles. The molecule has 0 aliphatic rings. The quantitative estimate of drug-likeness (QED) is 0.115. The first-order chi connectivity index (χ1) is 11.3. The zero-order valence-electron chi connectivity index (χ0n) is 15.1. The Bertz CT molecular complexity index is 292. The van der Waals surface area contributed by atoms with Crippen molar-refractivity contribution >= 4 is 27.9 Å². The van der Waals surface area contributed by atoms with Crippen molar-refractivity contribution in [2.24, 2.45) is 0 Å². The van der Waals surface area contributed by atoms with E-state index in [9.17, 15) is 9.59 Å². The van der Waals surface area contributed by atoms with E-state index in [1.54, 1.807) is 0 Å². The van der Waals surface area contributed by atoms with Crippen LogP contribution in [0.3, 0.4) is 0 Å². The van der Waals surface area contributed by atoms with Crippen molar-refractivity contribution < 1.29 is 51.7 Å². The number of ether oxygens (including phenoxy) is 2. The Balaban J connectivity index is -0.000000141. The zero-order chi connectivity index (χ0) is 19.2. The van der Waals surface area contributed by atoms with Crippen LogP contribution in [0.1, 0.15) is 65.7 Å². The maximum atomic E-state index is 10.7. The Morgan fingerprint density at radius 3 is 1.60 bits per heavy atom. The van der Waals surface area contributed by atoms with E-state index in [4.69, 9.17) is 24.8 Å². The molecule has 0 aliphatic heterocycles. The first-order valence-electron chi connectivity index (χ1n) is 8.05. The summed E-state index contributed by atoms with van der Waals surface area (Å²) in [6.45, 7) is 6.77. The standard InChI is InChI=1S/C8H16O2.C7H13BrO2.Ag.HNO3/c1-3-5-6-7-8(9)10-4-2;1-2-10-7(9)5-3-4-6-8;;2-1(3)4/h3-7H2,1-2H3;2-6H2,1H3;;(H,2,3,4). The molecular formula is C15H30AgBrNO7. The smallest absolute Gasteiger partial charge is 0.305 e. The third-order valence-corrected chi connectivity index (χ3v) is 2.92. The minimum Gasteiger partial charge on any atom is -0.466 e. The van der Waals surface area contributed by atoms with Gasteiger partial charge >= 0.3 is 11.9 Å². The summed E-state index contributed by atoms with van der Waals surface area (Å²) in [6, 6.07) is 0. The molecule has 0 unspecified atom stereocenters. The van der Waals surface area contributed by atoms with Gasteiger partial charge in [0.2, 0.25) is 0 Å². The molecule has 8 nitrogen and oxygen atoms in total. The first kappa shape index (κ1) is 32.1. The predicted molar refractivity (Wildman–Crippen MR) is 93.8 cm³/mol. The Morgan fingerprint density at radius 1 is 0.960 bits per heavy atom. The molecule has 0 heterocycles. The van der Waals surface area contributed by atoms with Gasteiger partial charge in [-0.05, 0) is 33.1 Å². The summed E-state index contributed by atoms with van der Waals surface area (Å²) in [7, 11) is 0. The SMILES string of the molecule is CCCCCC(=O)OCC.CCOC(=O)CCCCBr.O=[N+]([O-])O.[Ag]. The third kappa shape index (κ3) is 45.2. The molecule has 0 spiro atoms. The van der Waals surface area contributed by atoms with Gasteiger partial charge in [0.05, 0.1) is 13.2 Å². The third-order valence-electron chi connectivity index (χ3n) is 2.36. The maximum absolute atomic E-state index is 10.7. The molecule has 25 heavy (non-hydrogen) atoms. The van der Waals surface area contributed by atoms with Crippen LogP contribution in [0.15, 0.2) is 0 Å². The number of alkyl halides is 1. The second-order valence-corrected chi connectivity index (χ2v) is 5.24. The van der Waals surface area contributed by atoms with Crippen LogP contribution in [0.4, 0.5) is 0 Å². The van der Waals surface area contributed by atoms with Gasteiger partial charge in [-0.15, -0.1) is 10.1 Å². The number of nitrogens with zero attached hydrogens (tertiary/aromatic N) is 1. The fourth-order valence-electron chi connectivity index (χ4n) is 1.35. The van der Waals surface area contributed by atoms with Crippen LogP contribution in [0.5, 0.6) is 0 Å². The molecule has 1 radical (unpaired) electrons. The van der Waals surface area contributed by atoms with E-state index in [2.05, 4.69) is 22.9 Å². The molecule has 0 atom stereocenters. The van der Waals surface area contributed by atoms with E-state index < -0.39 is 5.09 Å². The molecule has 0 fully saturated rings. The summed E-state index contributed by atoms with van der Waals surface area (Å²) in [5.74, 6) is -0.139. The summed E-state index contributed by atoms with van der Waals surface area (Å²) in [5.41, 5.74) is 0. The van der Waals surface area contributed by atoms with Crippen LogP contribution >= 0.6 is 15.9 Å². The Hall–Kier alpha value is -0.640. The Morgan fingerprint density at radius 2 is 1.32 bits per heavy atom. The molecule has 0 aromatic heterocycles. The van der Waals surface area contributed by atoms with Gasteiger partial charge in [0.1, 0.15) is 0 Å². The average molecular weight is 524 g/mol. The zero-order valence-corrected chi connectivity index (χ0v) is 18.2. The topological polar surface area (TPSA) is 116 Å². The fraction of sp³-hybridized carbons (Fsp3) is 0.867. The maximum Gasteiger partial charge on any atom is 0.305 e. The van der Waals surface area contributed by atoms with Gasteiger partial charge < -0.3 is 14.7 Å². The van der Waals surface area contributed by atoms with Gasteiger partial charge in [-0.1, -0.05) is 35.7 Å². The molecule has 0 aromatic carbocycles. The number of halogens is 1. The van der Waals surface area contributed by atoms with Gasteiger partial charge in [-0.3, -0.25) is 9.59 Å². The number of carbonyl (C=O) groups is 2. The number of carbonyl (C=O) groups excluding carboxylic acids is 2. The summed E-state index contributed by atoms with van der Waals surface area (Å²) >= 11 is 3.29. The van der Waals surface area contributed by atoms with Crippen molar-refractivity contribution in [2.75, 3.05) is 18.5 Å². The Labute approximate surface area is 173 Å². The van der Waals surface area contributed by atoms with Crippen LogP contribution in [0.2, 0.25) is 0 Å². The van der Waals surface area contributed by atoms with Crippen molar-refractivity contribution in [2.45, 2.75) is 65.7 Å². The molecular weight excluding hydrogens is 494 g/mol. The van der Waals surface area contributed by atoms with E-state index in [0.717, 1.165) is 37.4 Å². The Kier molecular flexibility index (Phi) is 36.1. The van der Waals surface area contributed by atoms with E-state index in [1.165, 1.54) is 0 Å². The minimum absolute atomic E-state index is 0. The van der Waals surface area contributed by atoms with Crippen LogP contribution in [0.25, 0.3) is 0 Å². The number of unbranched alkanes of at least 4 members (excludes halogenated alkanes) is 3. The normalized spacial score (nSPS) is 8.48. The summed E-state index contributed by atoms with van der Waals surface area (Å²) in [5, 5.41) is 14.6. The number of esters is 2. The molecule has 1 N–H and O–H groups in total. The molecule has 0 amide bonds. The molecule has 0 saturated heterocycles. The van der Waals surface area contributed by atoms with Gasteiger partial charge in [-0.25, -0.2) is 0 Å². The van der Waals surface area contributed by atoms with E-state index in [0.29, 0.717) is 26.1 Å². The molecule has 10 heteroatoms. The van der Waals surface area contributed by atoms with E-state index >= 15 is 0 Å². The average Bonchev–Trinajstić information content (AvgIpc) is 2.48. The minimum atomic E-state index is -1.50. The van der Waals surface area contributed by atoms with Crippen LogP contribution in [-0.4, -0.2) is 40.8 Å². The van der Waals surface area contributed by atoms with Crippen LogP contribution in [-0.2, 0) is 41.4 Å². The molecule has 0 aromatic rings. The van der Waals surface area contributed by atoms with Crippen LogP contribution in [0, 0.1) is 10.1 Å². The molecule has 0 bridgehead atoms. The van der Waals surface area contributed by atoms with Gasteiger partial charge in [0, 0.05) is 40.6 Å². The largest absolute Gasteiger partial charge is 0.466 e. The van der Waals surface area contributed by atoms with Crippen molar-refractivity contribution in [3.8, 4) is 0 Å². The second kappa shape index (κ2) is 28.2. The summed E-state index contributed by atoms with van der Waals surface area (Å²) in [6.07, 6.45) is 6.34. The molecule has 0 rings (SSSR count). The molecule has 155 valence electrons. The number of rotatable bonds is 10.